The Hall–Kier alpha value is -0.555. The number of alkyl halides is 2. The molecule has 355 valence electrons. The second-order valence-corrected chi connectivity index (χ2v) is 24.4. The predicted molar refractivity (Wildman–Crippen MR) is 239 cm³/mol. The van der Waals surface area contributed by atoms with Crippen LogP contribution in [0.4, 0.5) is 5.82 Å². The lowest BCUT2D eigenvalue weighted by molar-refractivity contribution is -1.10. The largest absolute Gasteiger partial charge is 0.776 e. The number of anilines is 1. The number of ether oxygens (including phenoxy) is 4. The van der Waals surface area contributed by atoms with E-state index in [4.69, 9.17) is 52.4 Å². The highest BCUT2D eigenvalue weighted by atomic mass is 35.5. The van der Waals surface area contributed by atoms with Gasteiger partial charge in [0, 0.05) is 15.5 Å². The minimum atomic E-state index is -5.32. The summed E-state index contributed by atoms with van der Waals surface area (Å²) in [5.74, 6) is 0.157. The number of rotatable bonds is 25. The number of quaternary nitrogens is 2. The summed E-state index contributed by atoms with van der Waals surface area (Å²) in [5.41, 5.74) is 6.52. The number of methoxy groups -OCH3 is 1. The smallest absolute Gasteiger partial charge is 0.343 e. The summed E-state index contributed by atoms with van der Waals surface area (Å²) < 4.78 is 62.1. The van der Waals surface area contributed by atoms with Crippen molar-refractivity contribution in [1.82, 2.24) is 19.5 Å². The fourth-order valence-electron chi connectivity index (χ4n) is 8.14. The molecule has 5 rings (SSSR count). The maximum Gasteiger partial charge on any atom is 0.343 e. The van der Waals surface area contributed by atoms with Crippen molar-refractivity contribution in [3.63, 3.8) is 0 Å². The lowest BCUT2D eigenvalue weighted by Gasteiger charge is -2.48. The van der Waals surface area contributed by atoms with Crippen molar-refractivity contribution in [2.24, 2.45) is 0 Å². The summed E-state index contributed by atoms with van der Waals surface area (Å²) >= 11 is 10.8. The molecule has 2 aromatic heterocycles. The summed E-state index contributed by atoms with van der Waals surface area (Å²) in [7, 11) is -12.2. The van der Waals surface area contributed by atoms with Gasteiger partial charge in [-0.25, -0.2) is 15.0 Å². The summed E-state index contributed by atoms with van der Waals surface area (Å²) in [6.45, 7) is 22.7. The van der Waals surface area contributed by atoms with Crippen molar-refractivity contribution in [3.05, 3.63) is 12.7 Å². The molecule has 62 heavy (non-hydrogen) atoms. The van der Waals surface area contributed by atoms with E-state index in [9.17, 15) is 18.9 Å². The summed E-state index contributed by atoms with van der Waals surface area (Å²) in [6.07, 6.45) is 15.9. The normalized spacial score (nSPS) is 28.4. The predicted octanol–water partition coefficient (Wildman–Crippen LogP) is 7.50. The zero-order valence-electron chi connectivity index (χ0n) is 37.6. The Balaban J connectivity index is 0.000000336. The van der Waals surface area contributed by atoms with Gasteiger partial charge in [-0.3, -0.25) is 22.2 Å². The van der Waals surface area contributed by atoms with Crippen molar-refractivity contribution < 1.29 is 60.0 Å². The average molecular weight is 976 g/mol. The third-order valence-electron chi connectivity index (χ3n) is 11.5. The second kappa shape index (κ2) is 25.5. The number of nitrogens with zero attached hydrogens (tertiary/aromatic N) is 6. The van der Waals surface area contributed by atoms with Crippen molar-refractivity contribution >= 4 is 72.4 Å². The summed E-state index contributed by atoms with van der Waals surface area (Å²) in [6, 6.07) is 0. The molecule has 2 aromatic rings. The molecule has 3 fully saturated rings. The Morgan fingerprint density at radius 1 is 0.774 bits per heavy atom. The second-order valence-electron chi connectivity index (χ2n) is 16.3. The first kappa shape index (κ1) is 55.8. The van der Waals surface area contributed by atoms with E-state index in [1.54, 1.807) is 4.57 Å². The van der Waals surface area contributed by atoms with Crippen LogP contribution < -0.4 is 15.5 Å². The van der Waals surface area contributed by atoms with Gasteiger partial charge in [0.2, 0.25) is 10.5 Å². The molecule has 2 N–H and O–H groups in total. The third-order valence-corrected chi connectivity index (χ3v) is 20.0. The molecule has 0 saturated carbocycles. The SMILES string of the molecule is CCCC[N+](CCCC)(CCCC)C[N+](CCCC)(CCCC)CCCC.COC1O[C@@H]2[C@H](O1)[C@@H](COP1OP(=O)([O-])C(Cl)(Cl)P(=O)([O-])O1)O[C@H]2n1cnc2c(N)ncnc21.[B]. The molecule has 3 aliphatic heterocycles. The number of imidazole rings is 1. The highest BCUT2D eigenvalue weighted by molar-refractivity contribution is 7.85. The van der Waals surface area contributed by atoms with Gasteiger partial charge >= 0.3 is 8.60 Å². The highest BCUT2D eigenvalue weighted by Crippen LogP contribution is 2.85. The minimum absolute atomic E-state index is 0. The molecule has 24 heteroatoms. The topological polar surface area (TPSA) is 214 Å². The van der Waals surface area contributed by atoms with Crippen LogP contribution in [0.5, 0.6) is 0 Å². The van der Waals surface area contributed by atoms with Crippen LogP contribution in [0.1, 0.15) is 125 Å². The molecule has 0 aliphatic carbocycles. The van der Waals surface area contributed by atoms with Gasteiger partial charge in [0.05, 0.1) is 52.2 Å². The number of hydrogen-bond acceptors (Lipinski definition) is 15. The van der Waals surface area contributed by atoms with E-state index in [1.807, 2.05) is 0 Å². The van der Waals surface area contributed by atoms with Gasteiger partial charge in [-0.05, 0) is 38.5 Å². The Labute approximate surface area is 381 Å². The van der Waals surface area contributed by atoms with E-state index in [1.165, 1.54) is 152 Å². The first-order valence-corrected chi connectivity index (χ1v) is 26.9. The molecular formula is C38H70BCl2N7O11P3. The van der Waals surface area contributed by atoms with Crippen molar-refractivity contribution in [2.45, 2.75) is 153 Å². The van der Waals surface area contributed by atoms with Crippen LogP contribution in [0, 0.1) is 0 Å². The standard InChI is InChI=1S/C25H56N2.C13H16Cl2N5O11P3.B/c1-7-13-19-26(20-14-8-2,21-15-9-3)25-27(22-16-10-4,23-17-11-5)24-18-12-6;1-25-12-28-7-5(2-26-32-30-33(21,22)13(14,15)34(23,24)31-32)27-11(8(7)29-12)20-4-19-6-9(16)17-3-18-10(6)20;/h7-25H2,1-6H3;3-5,7-8,11-12H,2H2,1H3,(H,21,22)(H,23,24)(H2,16,17,18);/q+2;;/p-2/t;5-,7-,8-,11-,12?;/m.1./s1. The zero-order chi connectivity index (χ0) is 44.9. The van der Waals surface area contributed by atoms with E-state index < -0.39 is 65.2 Å². The molecule has 3 unspecified atom stereocenters. The van der Waals surface area contributed by atoms with Crippen molar-refractivity contribution in [2.75, 3.05) is 65.4 Å². The van der Waals surface area contributed by atoms with Crippen molar-refractivity contribution in [1.29, 1.82) is 0 Å². The molecule has 0 spiro atoms. The van der Waals surface area contributed by atoms with Gasteiger partial charge in [0.1, 0.15) is 30.2 Å². The van der Waals surface area contributed by atoms with Gasteiger partial charge < -0.3 is 48.1 Å². The maximum absolute atomic E-state index is 12.0. The van der Waals surface area contributed by atoms with Crippen LogP contribution in [-0.2, 0) is 41.2 Å². The Bertz CT molecular complexity index is 1640. The fraction of sp³-hybridized carbons (Fsp3) is 0.868. The molecule has 0 aromatic carbocycles. The Morgan fingerprint density at radius 2 is 1.23 bits per heavy atom. The number of unbranched alkanes of at least 4 members (excludes halogenated alkanes) is 6. The molecule has 3 radical (unpaired) electrons. The van der Waals surface area contributed by atoms with Crippen LogP contribution in [0.2, 0.25) is 0 Å². The van der Waals surface area contributed by atoms with Crippen LogP contribution in [0.3, 0.4) is 0 Å². The molecular weight excluding hydrogens is 905 g/mol. The zero-order valence-corrected chi connectivity index (χ0v) is 41.8. The average Bonchev–Trinajstić information content (AvgIpc) is 3.95. The van der Waals surface area contributed by atoms with Crippen LogP contribution >= 0.6 is 47.0 Å². The Morgan fingerprint density at radius 3 is 1.66 bits per heavy atom. The van der Waals surface area contributed by atoms with E-state index in [-0.39, 0.29) is 14.2 Å². The van der Waals surface area contributed by atoms with Crippen molar-refractivity contribution in [3.8, 4) is 0 Å². The molecule has 0 bridgehead atoms. The van der Waals surface area contributed by atoms with Crippen LogP contribution in [0.25, 0.3) is 11.2 Å². The molecule has 3 aliphatic rings. The first-order chi connectivity index (χ1) is 29.0. The maximum atomic E-state index is 12.0. The van der Waals surface area contributed by atoms with Gasteiger partial charge in [-0.15, -0.1) is 0 Å². The van der Waals surface area contributed by atoms with Crippen LogP contribution in [0.15, 0.2) is 12.7 Å². The monoisotopic (exact) mass is 974 g/mol. The molecule has 3 saturated heterocycles. The number of nitrogen functional groups attached to an aromatic ring is 1. The molecule has 5 heterocycles. The molecule has 18 nitrogen and oxygen atoms in total. The highest BCUT2D eigenvalue weighted by Gasteiger charge is 2.58. The van der Waals surface area contributed by atoms with E-state index in [0.717, 1.165) is 0 Å². The molecule has 7 atom stereocenters. The van der Waals surface area contributed by atoms with E-state index in [0.29, 0.717) is 11.2 Å². The first-order valence-electron chi connectivity index (χ1n) is 22.0. The Kier molecular flexibility index (Phi) is 23.0. The number of fused-ring (bicyclic) bond motifs is 2. The van der Waals surface area contributed by atoms with Crippen LogP contribution in [-0.4, -0.2) is 125 Å². The minimum Gasteiger partial charge on any atom is -0.776 e. The lowest BCUT2D eigenvalue weighted by Crippen LogP contribution is -2.64. The van der Waals surface area contributed by atoms with Gasteiger partial charge in [-0.1, -0.05) is 103 Å². The summed E-state index contributed by atoms with van der Waals surface area (Å²) in [4.78, 5) is 36.3. The van der Waals surface area contributed by atoms with E-state index >= 15 is 0 Å². The number of nitrogens with two attached hydrogens (primary N) is 1. The number of hydrogen-bond donors (Lipinski definition) is 1. The number of aromatic nitrogens is 4. The third kappa shape index (κ3) is 13.8. The van der Waals surface area contributed by atoms with E-state index in [2.05, 4.69) is 65.1 Å². The summed E-state index contributed by atoms with van der Waals surface area (Å²) in [5, 5.41) is 0. The molecule has 0 amide bonds. The quantitative estimate of drug-likeness (QED) is 0.0335. The number of halogens is 2. The fourth-order valence-corrected chi connectivity index (χ4v) is 14.3. The lowest BCUT2D eigenvalue weighted by atomic mass is 10.1. The van der Waals surface area contributed by atoms with Gasteiger partial charge in [0.25, 0.3) is 6.48 Å². The van der Waals surface area contributed by atoms with Gasteiger partial charge in [0.15, 0.2) is 32.9 Å². The van der Waals surface area contributed by atoms with Gasteiger partial charge in [-0.2, -0.15) is 0 Å².